The molecule has 1 unspecified atom stereocenters. The zero-order valence-electron chi connectivity index (χ0n) is 5.68. The van der Waals surface area contributed by atoms with Gasteiger partial charge in [-0.3, -0.25) is 0 Å². The number of hydrogen-bond donors (Lipinski definition) is 1. The summed E-state index contributed by atoms with van der Waals surface area (Å²) in [5, 5.41) is 5.26. The van der Waals surface area contributed by atoms with E-state index in [2.05, 4.69) is 47.8 Å². The highest BCUT2D eigenvalue weighted by Crippen LogP contribution is 2.32. The molecule has 2 N–H and O–H groups in total. The molecule has 0 spiro atoms. The lowest BCUT2D eigenvalue weighted by molar-refractivity contribution is 0.595. The minimum atomic E-state index is -1.47. The monoisotopic (exact) mass is 375 g/mol. The van der Waals surface area contributed by atoms with Gasteiger partial charge in [0.2, 0.25) is 4.90 Å². The fraction of sp³-hybridized carbons (Fsp3) is 0. The predicted molar refractivity (Wildman–Crippen MR) is 60.1 cm³/mol. The molecule has 0 aliphatic heterocycles. The van der Waals surface area contributed by atoms with E-state index >= 15 is 0 Å². The van der Waals surface area contributed by atoms with Crippen LogP contribution in [-0.2, 0) is 11.4 Å². The van der Waals surface area contributed by atoms with Crippen LogP contribution in [0, 0.1) is 0 Å². The standard InChI is InChI=1S/C6H4Br3NOS/c7-3-1-4(8)6(12(10)11)5(9)2-3/h1-2H,10H2. The van der Waals surface area contributed by atoms with E-state index in [9.17, 15) is 4.55 Å². The zero-order valence-corrected chi connectivity index (χ0v) is 11.3. The van der Waals surface area contributed by atoms with Gasteiger partial charge in [-0.05, 0) is 44.0 Å². The van der Waals surface area contributed by atoms with Crippen molar-refractivity contribution >= 4 is 59.2 Å². The molecule has 2 nitrogen and oxygen atoms in total. The third-order valence-corrected chi connectivity index (χ3v) is 4.24. The van der Waals surface area contributed by atoms with Gasteiger partial charge in [-0.15, -0.1) is 5.14 Å². The van der Waals surface area contributed by atoms with E-state index in [0.29, 0.717) is 4.90 Å². The SMILES string of the molecule is N[S+]([O-])c1c(Br)cc(Br)cc1Br. The van der Waals surface area contributed by atoms with Gasteiger partial charge in [-0.2, -0.15) is 0 Å². The normalized spacial score (nSPS) is 13.1. The second-order valence-electron chi connectivity index (χ2n) is 2.00. The summed E-state index contributed by atoms with van der Waals surface area (Å²) in [5.74, 6) is 0. The van der Waals surface area contributed by atoms with Gasteiger partial charge in [0.25, 0.3) is 0 Å². The Morgan fingerprint density at radius 2 is 1.58 bits per heavy atom. The molecule has 1 atom stereocenters. The molecule has 0 radical (unpaired) electrons. The van der Waals surface area contributed by atoms with Crippen molar-refractivity contribution in [2.24, 2.45) is 5.14 Å². The van der Waals surface area contributed by atoms with Crippen molar-refractivity contribution in [1.29, 1.82) is 0 Å². The minimum Gasteiger partial charge on any atom is -0.593 e. The van der Waals surface area contributed by atoms with Gasteiger partial charge in [-0.25, -0.2) is 0 Å². The van der Waals surface area contributed by atoms with Crippen LogP contribution in [0.2, 0.25) is 0 Å². The summed E-state index contributed by atoms with van der Waals surface area (Å²) >= 11 is 8.35. The third-order valence-electron chi connectivity index (χ3n) is 1.16. The highest BCUT2D eigenvalue weighted by molar-refractivity contribution is 9.11. The first-order valence-corrected chi connectivity index (χ1v) is 6.42. The lowest BCUT2D eigenvalue weighted by atomic mass is 10.4. The maximum Gasteiger partial charge on any atom is 0.201 e. The summed E-state index contributed by atoms with van der Waals surface area (Å²) in [4.78, 5) is 0.568. The summed E-state index contributed by atoms with van der Waals surface area (Å²) in [5.41, 5.74) is 0. The van der Waals surface area contributed by atoms with Gasteiger partial charge in [0.15, 0.2) is 0 Å². The van der Waals surface area contributed by atoms with Gasteiger partial charge in [0.05, 0.1) is 20.3 Å². The Bertz CT molecular complexity index is 282. The van der Waals surface area contributed by atoms with Crippen LogP contribution in [0.5, 0.6) is 0 Å². The lowest BCUT2D eigenvalue weighted by Gasteiger charge is -2.07. The first-order valence-electron chi connectivity index (χ1n) is 2.83. The van der Waals surface area contributed by atoms with Crippen LogP contribution in [0.3, 0.4) is 0 Å². The molecule has 0 amide bonds. The van der Waals surface area contributed by atoms with Gasteiger partial charge in [-0.1, -0.05) is 15.9 Å². The smallest absolute Gasteiger partial charge is 0.201 e. The summed E-state index contributed by atoms with van der Waals surface area (Å²) < 4.78 is 13.4. The average Bonchev–Trinajstić information content (AvgIpc) is 1.82. The van der Waals surface area contributed by atoms with Crippen molar-refractivity contribution in [3.05, 3.63) is 25.6 Å². The van der Waals surface area contributed by atoms with Gasteiger partial charge >= 0.3 is 0 Å². The number of halogens is 3. The van der Waals surface area contributed by atoms with Gasteiger partial charge < -0.3 is 4.55 Å². The Morgan fingerprint density at radius 3 is 1.92 bits per heavy atom. The molecule has 0 aliphatic rings. The largest absolute Gasteiger partial charge is 0.593 e. The van der Waals surface area contributed by atoms with Crippen LogP contribution < -0.4 is 5.14 Å². The minimum absolute atomic E-state index is 0.568. The Hall–Kier alpha value is 0.930. The molecule has 12 heavy (non-hydrogen) atoms. The third kappa shape index (κ3) is 2.46. The molecular weight excluding hydrogens is 374 g/mol. The molecule has 6 heteroatoms. The molecular formula is C6H4Br3NOS. The van der Waals surface area contributed by atoms with Crippen LogP contribution in [0.25, 0.3) is 0 Å². The molecule has 0 aromatic heterocycles. The van der Waals surface area contributed by atoms with E-state index in [0.717, 1.165) is 13.4 Å². The van der Waals surface area contributed by atoms with Crippen molar-refractivity contribution in [1.82, 2.24) is 0 Å². The second-order valence-corrected chi connectivity index (χ2v) is 5.62. The van der Waals surface area contributed by atoms with Crippen LogP contribution in [0.1, 0.15) is 0 Å². The fourth-order valence-corrected chi connectivity index (χ4v) is 4.44. The summed E-state index contributed by atoms with van der Waals surface area (Å²) in [6.45, 7) is 0. The Labute approximate surface area is 98.6 Å². The molecule has 0 bridgehead atoms. The highest BCUT2D eigenvalue weighted by Gasteiger charge is 2.16. The van der Waals surface area contributed by atoms with Gasteiger partial charge in [0, 0.05) is 4.47 Å². The molecule has 1 aromatic rings. The van der Waals surface area contributed by atoms with Crippen molar-refractivity contribution < 1.29 is 4.55 Å². The van der Waals surface area contributed by atoms with Crippen LogP contribution in [0.15, 0.2) is 30.4 Å². The average molecular weight is 378 g/mol. The number of hydrogen-bond acceptors (Lipinski definition) is 2. The molecule has 0 saturated carbocycles. The molecule has 0 fully saturated rings. The van der Waals surface area contributed by atoms with Crippen molar-refractivity contribution in [2.45, 2.75) is 4.90 Å². The quantitative estimate of drug-likeness (QED) is 0.765. The molecule has 1 rings (SSSR count). The van der Waals surface area contributed by atoms with Crippen LogP contribution >= 0.6 is 47.8 Å². The van der Waals surface area contributed by atoms with Crippen molar-refractivity contribution in [3.8, 4) is 0 Å². The molecule has 0 aliphatic carbocycles. The Balaban J connectivity index is 3.28. The Kier molecular flexibility index (Phi) is 4.07. The summed E-state index contributed by atoms with van der Waals surface area (Å²) in [6, 6.07) is 3.59. The molecule has 0 saturated heterocycles. The Morgan fingerprint density at radius 1 is 1.17 bits per heavy atom. The van der Waals surface area contributed by atoms with E-state index in [1.807, 2.05) is 0 Å². The molecule has 0 heterocycles. The first kappa shape index (κ1) is 11.0. The second kappa shape index (κ2) is 4.43. The topological polar surface area (TPSA) is 49.1 Å². The number of benzene rings is 1. The van der Waals surface area contributed by atoms with Crippen molar-refractivity contribution in [2.75, 3.05) is 0 Å². The summed E-state index contributed by atoms with van der Waals surface area (Å²) in [6.07, 6.45) is 0. The van der Waals surface area contributed by atoms with E-state index in [1.54, 1.807) is 12.1 Å². The first-order chi connectivity index (χ1) is 5.52. The van der Waals surface area contributed by atoms with E-state index < -0.39 is 11.4 Å². The van der Waals surface area contributed by atoms with Crippen LogP contribution in [-0.4, -0.2) is 4.55 Å². The van der Waals surface area contributed by atoms with Crippen molar-refractivity contribution in [3.63, 3.8) is 0 Å². The molecule has 66 valence electrons. The number of nitrogens with two attached hydrogens (primary N) is 1. The fourth-order valence-electron chi connectivity index (χ4n) is 0.721. The maximum atomic E-state index is 11.0. The van der Waals surface area contributed by atoms with Crippen LogP contribution in [0.4, 0.5) is 0 Å². The number of rotatable bonds is 1. The zero-order chi connectivity index (χ0) is 9.30. The molecule has 1 aromatic carbocycles. The lowest BCUT2D eigenvalue weighted by Crippen LogP contribution is -2.13. The van der Waals surface area contributed by atoms with E-state index in [1.165, 1.54) is 0 Å². The van der Waals surface area contributed by atoms with E-state index in [4.69, 9.17) is 5.14 Å². The highest BCUT2D eigenvalue weighted by atomic mass is 79.9. The maximum absolute atomic E-state index is 11.0. The summed E-state index contributed by atoms with van der Waals surface area (Å²) in [7, 11) is 0. The van der Waals surface area contributed by atoms with E-state index in [-0.39, 0.29) is 0 Å². The predicted octanol–water partition coefficient (Wildman–Crippen LogP) is 2.96. The van der Waals surface area contributed by atoms with Gasteiger partial charge in [0.1, 0.15) is 0 Å².